The van der Waals surface area contributed by atoms with Crippen molar-refractivity contribution in [3.8, 4) is 0 Å². The van der Waals surface area contributed by atoms with Gasteiger partial charge in [0.15, 0.2) is 0 Å². The second-order valence-corrected chi connectivity index (χ2v) is 2.98. The summed E-state index contributed by atoms with van der Waals surface area (Å²) in [6.07, 6.45) is 2.58. The highest BCUT2D eigenvalue weighted by atomic mass is 16.1. The monoisotopic (exact) mass is 140 g/mol. The van der Waals surface area contributed by atoms with Crippen LogP contribution in [0.3, 0.4) is 0 Å². The SMILES string of the molecule is CC1CCCC(=O)CC1=O. The minimum Gasteiger partial charge on any atom is -0.299 e. The molecule has 0 saturated heterocycles. The molecule has 0 heterocycles. The molecule has 2 nitrogen and oxygen atoms in total. The Morgan fingerprint density at radius 3 is 2.80 bits per heavy atom. The van der Waals surface area contributed by atoms with Crippen molar-refractivity contribution in [1.82, 2.24) is 0 Å². The number of hydrogen-bond acceptors (Lipinski definition) is 2. The summed E-state index contributed by atoms with van der Waals surface area (Å²) in [4.78, 5) is 21.8. The molecular formula is C8H12O2. The highest BCUT2D eigenvalue weighted by Gasteiger charge is 2.20. The standard InChI is InChI=1S/C8H12O2/c1-6-3-2-4-7(9)5-8(6)10/h6H,2-5H2,1H3. The largest absolute Gasteiger partial charge is 0.299 e. The Kier molecular flexibility index (Phi) is 2.20. The second-order valence-electron chi connectivity index (χ2n) is 2.98. The molecule has 0 aromatic carbocycles. The Morgan fingerprint density at radius 2 is 2.10 bits per heavy atom. The summed E-state index contributed by atoms with van der Waals surface area (Å²) < 4.78 is 0. The molecule has 0 radical (unpaired) electrons. The topological polar surface area (TPSA) is 34.1 Å². The van der Waals surface area contributed by atoms with E-state index in [2.05, 4.69) is 0 Å². The average Bonchev–Trinajstić information content (AvgIpc) is 1.96. The highest BCUT2D eigenvalue weighted by molar-refractivity contribution is 6.00. The molecule has 1 unspecified atom stereocenters. The maximum absolute atomic E-state index is 11.0. The lowest BCUT2D eigenvalue weighted by Gasteiger charge is -2.01. The lowest BCUT2D eigenvalue weighted by Crippen LogP contribution is -2.10. The Hall–Kier alpha value is -0.660. The number of carbonyl (C=O) groups is 2. The minimum atomic E-state index is 0.117. The van der Waals surface area contributed by atoms with Gasteiger partial charge in [-0.3, -0.25) is 9.59 Å². The maximum atomic E-state index is 11.0. The van der Waals surface area contributed by atoms with E-state index in [1.165, 1.54) is 0 Å². The van der Waals surface area contributed by atoms with Crippen molar-refractivity contribution < 1.29 is 9.59 Å². The van der Waals surface area contributed by atoms with Crippen molar-refractivity contribution in [2.75, 3.05) is 0 Å². The molecule has 0 bridgehead atoms. The summed E-state index contributed by atoms with van der Waals surface area (Å²) >= 11 is 0. The van der Waals surface area contributed by atoms with E-state index in [0.29, 0.717) is 6.42 Å². The summed E-state index contributed by atoms with van der Waals surface area (Å²) in [5.41, 5.74) is 0. The normalized spacial score (nSPS) is 28.3. The maximum Gasteiger partial charge on any atom is 0.143 e. The summed E-state index contributed by atoms with van der Waals surface area (Å²) in [6, 6.07) is 0. The third-order valence-corrected chi connectivity index (χ3v) is 2.01. The van der Waals surface area contributed by atoms with E-state index in [1.54, 1.807) is 0 Å². The number of hydrogen-bond donors (Lipinski definition) is 0. The van der Waals surface area contributed by atoms with E-state index in [9.17, 15) is 9.59 Å². The van der Waals surface area contributed by atoms with Gasteiger partial charge in [0.05, 0.1) is 6.42 Å². The van der Waals surface area contributed by atoms with Crippen LogP contribution >= 0.6 is 0 Å². The first kappa shape index (κ1) is 7.45. The van der Waals surface area contributed by atoms with Gasteiger partial charge in [-0.15, -0.1) is 0 Å². The van der Waals surface area contributed by atoms with E-state index in [-0.39, 0.29) is 23.9 Å². The van der Waals surface area contributed by atoms with Crippen LogP contribution in [0.15, 0.2) is 0 Å². The second kappa shape index (κ2) is 2.95. The Labute approximate surface area is 60.6 Å². The van der Waals surface area contributed by atoms with Crippen LogP contribution in [0.1, 0.15) is 32.6 Å². The molecule has 1 rings (SSSR count). The molecule has 1 saturated carbocycles. The molecule has 1 aliphatic rings. The quantitative estimate of drug-likeness (QED) is 0.376. The van der Waals surface area contributed by atoms with Gasteiger partial charge in [0.25, 0.3) is 0 Å². The zero-order valence-electron chi connectivity index (χ0n) is 6.22. The van der Waals surface area contributed by atoms with Crippen molar-refractivity contribution in [2.45, 2.75) is 32.6 Å². The van der Waals surface area contributed by atoms with Crippen molar-refractivity contribution in [1.29, 1.82) is 0 Å². The van der Waals surface area contributed by atoms with Gasteiger partial charge < -0.3 is 0 Å². The predicted molar refractivity (Wildman–Crippen MR) is 37.6 cm³/mol. The van der Waals surface area contributed by atoms with Crippen LogP contribution in [0, 0.1) is 5.92 Å². The Morgan fingerprint density at radius 1 is 1.40 bits per heavy atom. The summed E-state index contributed by atoms with van der Waals surface area (Å²) in [5, 5.41) is 0. The molecule has 0 amide bonds. The van der Waals surface area contributed by atoms with E-state index in [1.807, 2.05) is 6.92 Å². The molecule has 0 aromatic heterocycles. The number of carbonyl (C=O) groups excluding carboxylic acids is 2. The number of ketones is 2. The van der Waals surface area contributed by atoms with Gasteiger partial charge in [-0.2, -0.15) is 0 Å². The van der Waals surface area contributed by atoms with Gasteiger partial charge >= 0.3 is 0 Å². The summed E-state index contributed by atoms with van der Waals surface area (Å²) in [6.45, 7) is 1.90. The van der Waals surface area contributed by atoms with Gasteiger partial charge in [-0.25, -0.2) is 0 Å². The molecule has 10 heavy (non-hydrogen) atoms. The zero-order valence-corrected chi connectivity index (χ0v) is 6.22. The Balaban J connectivity index is 2.57. The van der Waals surface area contributed by atoms with Gasteiger partial charge in [0, 0.05) is 12.3 Å². The molecule has 1 atom stereocenters. The van der Waals surface area contributed by atoms with Crippen molar-refractivity contribution in [3.63, 3.8) is 0 Å². The van der Waals surface area contributed by atoms with Gasteiger partial charge in [-0.1, -0.05) is 6.92 Å². The lowest BCUT2D eigenvalue weighted by molar-refractivity contribution is -0.127. The van der Waals surface area contributed by atoms with Crippen LogP contribution in [0.2, 0.25) is 0 Å². The van der Waals surface area contributed by atoms with E-state index < -0.39 is 0 Å². The van der Waals surface area contributed by atoms with Crippen LogP contribution in [0.25, 0.3) is 0 Å². The third kappa shape index (κ3) is 1.66. The molecule has 56 valence electrons. The molecule has 2 heteroatoms. The molecule has 0 aromatic rings. The molecule has 0 aliphatic heterocycles. The Bertz CT molecular complexity index is 161. The first-order valence-electron chi connectivity index (χ1n) is 3.74. The highest BCUT2D eigenvalue weighted by Crippen LogP contribution is 2.16. The van der Waals surface area contributed by atoms with Crippen molar-refractivity contribution in [3.05, 3.63) is 0 Å². The van der Waals surface area contributed by atoms with Crippen LogP contribution < -0.4 is 0 Å². The fraction of sp³-hybridized carbons (Fsp3) is 0.750. The average molecular weight is 140 g/mol. The molecule has 0 N–H and O–H groups in total. The lowest BCUT2D eigenvalue weighted by atomic mass is 10.0. The summed E-state index contributed by atoms with van der Waals surface area (Å²) in [7, 11) is 0. The number of Topliss-reactive ketones (excluding diaryl/α,β-unsaturated/α-hetero) is 2. The fourth-order valence-corrected chi connectivity index (χ4v) is 1.22. The van der Waals surface area contributed by atoms with Crippen LogP contribution in [0.5, 0.6) is 0 Å². The third-order valence-electron chi connectivity index (χ3n) is 2.01. The van der Waals surface area contributed by atoms with Crippen molar-refractivity contribution in [2.24, 2.45) is 5.92 Å². The van der Waals surface area contributed by atoms with Crippen LogP contribution in [-0.2, 0) is 9.59 Å². The fourth-order valence-electron chi connectivity index (χ4n) is 1.22. The number of rotatable bonds is 0. The van der Waals surface area contributed by atoms with Crippen molar-refractivity contribution >= 4 is 11.6 Å². The van der Waals surface area contributed by atoms with Gasteiger partial charge in [-0.05, 0) is 12.8 Å². The zero-order chi connectivity index (χ0) is 7.56. The first-order chi connectivity index (χ1) is 4.70. The van der Waals surface area contributed by atoms with Gasteiger partial charge in [0.1, 0.15) is 11.6 Å². The van der Waals surface area contributed by atoms with E-state index in [0.717, 1.165) is 12.8 Å². The minimum absolute atomic E-state index is 0.117. The van der Waals surface area contributed by atoms with Crippen LogP contribution in [-0.4, -0.2) is 11.6 Å². The molecular weight excluding hydrogens is 128 g/mol. The van der Waals surface area contributed by atoms with E-state index >= 15 is 0 Å². The summed E-state index contributed by atoms with van der Waals surface area (Å²) in [5.74, 6) is 0.364. The first-order valence-corrected chi connectivity index (χ1v) is 3.74. The van der Waals surface area contributed by atoms with E-state index in [4.69, 9.17) is 0 Å². The van der Waals surface area contributed by atoms with Crippen LogP contribution in [0.4, 0.5) is 0 Å². The van der Waals surface area contributed by atoms with Gasteiger partial charge in [0.2, 0.25) is 0 Å². The smallest absolute Gasteiger partial charge is 0.143 e. The molecule has 1 aliphatic carbocycles. The predicted octanol–water partition coefficient (Wildman–Crippen LogP) is 1.33. The molecule has 1 fully saturated rings. The molecule has 0 spiro atoms.